The van der Waals surface area contributed by atoms with E-state index in [1.165, 1.54) is 15.9 Å². The number of aromatic amines is 2. The Morgan fingerprint density at radius 2 is 1.54 bits per heavy atom. The summed E-state index contributed by atoms with van der Waals surface area (Å²) in [5.41, 5.74) is -0.465. The topological polar surface area (TPSA) is 250 Å². The number of benzene rings is 2. The molecule has 276 valence electrons. The van der Waals surface area contributed by atoms with Crippen molar-refractivity contribution in [2.75, 3.05) is 46.9 Å². The van der Waals surface area contributed by atoms with Crippen LogP contribution in [0.25, 0.3) is 20.8 Å². The van der Waals surface area contributed by atoms with Gasteiger partial charge in [-0.2, -0.15) is 5.11 Å². The van der Waals surface area contributed by atoms with E-state index in [1.54, 1.807) is 51.1 Å². The normalized spacial score (nSPS) is 13.5. The van der Waals surface area contributed by atoms with Gasteiger partial charge in [0, 0.05) is 11.5 Å². The Bertz CT molecular complexity index is 1900. The number of aryl methyl sites for hydroxylation is 1. The Labute approximate surface area is 294 Å². The van der Waals surface area contributed by atoms with Crippen LogP contribution in [-0.2, 0) is 10.1 Å². The number of nitrogens with zero attached hydrogens (tertiary/aromatic N) is 3. The maximum atomic E-state index is 11.7. The van der Waals surface area contributed by atoms with Crippen LogP contribution in [0.2, 0.25) is 0 Å². The Hall–Kier alpha value is -3.88. The van der Waals surface area contributed by atoms with Gasteiger partial charge in [0.2, 0.25) is 11.6 Å². The van der Waals surface area contributed by atoms with Gasteiger partial charge in [0.15, 0.2) is 0 Å². The number of H-pyrrole nitrogens is 2. The van der Waals surface area contributed by atoms with Gasteiger partial charge in [0.1, 0.15) is 47.0 Å². The highest BCUT2D eigenvalue weighted by Gasteiger charge is 2.17. The highest BCUT2D eigenvalue weighted by molar-refractivity contribution is 7.86. The average Bonchev–Trinajstić information content (AvgIpc) is 3.39. The second kappa shape index (κ2) is 19.5. The molecule has 4 rings (SSSR count). The SMILES string of the molecule is CC(C)C[NH+](CC(C)O)CC(C)O.C[NH+](C)CCO.Cc1ccc2nc(-c3ccc(N=Nc4c(O)[nH]c(=O)[nH]c4=O)cc3)sc2c1S(=O)(=O)[O-]. The molecular weight excluding hydrogens is 691 g/mol. The number of fused-ring (bicyclic) bond motifs is 1. The molecule has 2 heterocycles. The van der Waals surface area contributed by atoms with Gasteiger partial charge in [-0.15, -0.1) is 16.5 Å². The number of thiazole rings is 1. The van der Waals surface area contributed by atoms with Crippen LogP contribution in [0.15, 0.2) is 61.1 Å². The van der Waals surface area contributed by atoms with E-state index < -0.39 is 32.9 Å². The van der Waals surface area contributed by atoms with E-state index in [0.29, 0.717) is 44.6 Å². The van der Waals surface area contributed by atoms with Crippen LogP contribution in [0.1, 0.15) is 33.3 Å². The summed E-state index contributed by atoms with van der Waals surface area (Å²) in [6.45, 7) is 13.1. The Kier molecular flexibility index (Phi) is 16.5. The van der Waals surface area contributed by atoms with Crippen LogP contribution in [0.3, 0.4) is 0 Å². The van der Waals surface area contributed by atoms with Crippen LogP contribution in [-0.4, -0.2) is 107 Å². The summed E-state index contributed by atoms with van der Waals surface area (Å²) >= 11 is 1.08. The lowest BCUT2D eigenvalue weighted by atomic mass is 10.2. The summed E-state index contributed by atoms with van der Waals surface area (Å²) in [6, 6.07) is 9.63. The molecule has 18 heteroatoms. The number of azo groups is 1. The van der Waals surface area contributed by atoms with Crippen LogP contribution in [0, 0.1) is 12.8 Å². The van der Waals surface area contributed by atoms with Crippen molar-refractivity contribution in [3.63, 3.8) is 0 Å². The first-order valence-corrected chi connectivity index (χ1v) is 18.1. The number of rotatable bonds is 12. The minimum Gasteiger partial charge on any atom is -0.744 e. The van der Waals surface area contributed by atoms with Crippen LogP contribution < -0.4 is 21.0 Å². The summed E-state index contributed by atoms with van der Waals surface area (Å²) < 4.78 is 35.2. The summed E-state index contributed by atoms with van der Waals surface area (Å²) in [5.74, 6) is -0.101. The Morgan fingerprint density at radius 3 is 2.00 bits per heavy atom. The minimum absolute atomic E-state index is 0.273. The lowest BCUT2D eigenvalue weighted by Crippen LogP contribution is -3.14. The van der Waals surface area contributed by atoms with E-state index in [-0.39, 0.29) is 17.1 Å². The highest BCUT2D eigenvalue weighted by Crippen LogP contribution is 2.36. The molecule has 8 N–H and O–H groups in total. The first-order valence-electron chi connectivity index (χ1n) is 15.9. The number of likely N-dealkylation sites (N-methyl/N-ethyl adjacent to an activating group) is 1. The summed E-state index contributed by atoms with van der Waals surface area (Å²) in [7, 11) is -0.636. The van der Waals surface area contributed by atoms with Crippen molar-refractivity contribution in [2.45, 2.75) is 51.7 Å². The van der Waals surface area contributed by atoms with Gasteiger partial charge in [-0.1, -0.05) is 19.9 Å². The molecule has 0 fully saturated rings. The van der Waals surface area contributed by atoms with Gasteiger partial charge in [-0.3, -0.25) is 14.8 Å². The maximum Gasteiger partial charge on any atom is 0.328 e. The second-order valence-electron chi connectivity index (χ2n) is 12.5. The van der Waals surface area contributed by atoms with Crippen molar-refractivity contribution in [1.29, 1.82) is 0 Å². The largest absolute Gasteiger partial charge is 0.744 e. The number of aromatic nitrogens is 3. The standard InChI is InChI=1S/C18H13N5O6S2.C10H23NO2.C4H11NO/c1-8-2-7-11-13(14(8)31(27,28)29)30-17(19-11)9-3-5-10(6-4-9)22-23-12-15(24)20-18(26)21-16(12)25;1-8(2)5-11(6-9(3)12)7-10(4)13;1-5(2)3-4-6/h2-7H,1H3,(H,27,28,29)(H3,20,21,24,25,26);8-10,12-13H,5-7H2,1-4H3;6H,3-4H2,1-2H3/p+1. The molecule has 0 bridgehead atoms. The molecule has 0 spiro atoms. The molecule has 2 aromatic carbocycles. The zero-order valence-corrected chi connectivity index (χ0v) is 30.9. The van der Waals surface area contributed by atoms with Crippen molar-refractivity contribution < 1.29 is 43.2 Å². The summed E-state index contributed by atoms with van der Waals surface area (Å²) in [4.78, 5) is 33.4. The molecule has 0 radical (unpaired) electrons. The molecule has 0 amide bonds. The molecule has 0 saturated carbocycles. The molecule has 2 aromatic heterocycles. The van der Waals surface area contributed by atoms with Gasteiger partial charge >= 0.3 is 5.69 Å². The number of hydrogen-bond donors (Lipinski definition) is 8. The van der Waals surface area contributed by atoms with Gasteiger partial charge in [-0.25, -0.2) is 18.2 Å². The first kappa shape index (κ1) is 42.3. The predicted molar refractivity (Wildman–Crippen MR) is 190 cm³/mol. The van der Waals surface area contributed by atoms with E-state index in [2.05, 4.69) is 29.1 Å². The fourth-order valence-corrected chi connectivity index (χ4v) is 7.01. The molecule has 0 saturated heterocycles. The predicted octanol–water partition coefficient (Wildman–Crippen LogP) is 0.0855. The molecule has 0 aliphatic rings. The van der Waals surface area contributed by atoms with E-state index in [9.17, 15) is 37.9 Å². The van der Waals surface area contributed by atoms with E-state index in [0.717, 1.165) is 37.5 Å². The third-order valence-electron chi connectivity index (χ3n) is 6.71. The van der Waals surface area contributed by atoms with Crippen molar-refractivity contribution in [1.82, 2.24) is 15.0 Å². The number of hydrogen-bond acceptors (Lipinski definition) is 13. The van der Waals surface area contributed by atoms with E-state index >= 15 is 0 Å². The minimum atomic E-state index is -4.66. The summed E-state index contributed by atoms with van der Waals surface area (Å²) in [6.07, 6.45) is -0.569. The van der Waals surface area contributed by atoms with Crippen molar-refractivity contribution >= 4 is 43.0 Å². The molecule has 2 atom stereocenters. The number of quaternary nitrogens is 2. The monoisotopic (exact) mass is 738 g/mol. The first-order chi connectivity index (χ1) is 23.3. The average molecular weight is 739 g/mol. The van der Waals surface area contributed by atoms with Gasteiger partial charge < -0.3 is 34.8 Å². The maximum absolute atomic E-state index is 11.7. The smallest absolute Gasteiger partial charge is 0.328 e. The molecular formula is C32H48N7O9S2+. The number of nitrogens with one attached hydrogen (secondary N) is 4. The zero-order chi connectivity index (χ0) is 37.8. The van der Waals surface area contributed by atoms with Crippen molar-refractivity contribution in [2.24, 2.45) is 16.1 Å². The molecule has 0 aliphatic carbocycles. The highest BCUT2D eigenvalue weighted by atomic mass is 32.2. The quantitative estimate of drug-likeness (QED) is 0.0718. The zero-order valence-electron chi connectivity index (χ0n) is 29.2. The van der Waals surface area contributed by atoms with E-state index in [1.807, 2.05) is 24.1 Å². The number of aliphatic hydroxyl groups excluding tert-OH is 3. The third-order valence-corrected chi connectivity index (χ3v) is 9.01. The summed E-state index contributed by atoms with van der Waals surface area (Å²) in [5, 5.41) is 44.3. The van der Waals surface area contributed by atoms with Gasteiger partial charge in [0.25, 0.3) is 5.56 Å². The van der Waals surface area contributed by atoms with E-state index in [4.69, 9.17) is 5.11 Å². The molecule has 50 heavy (non-hydrogen) atoms. The van der Waals surface area contributed by atoms with Crippen LogP contribution in [0.4, 0.5) is 11.4 Å². The van der Waals surface area contributed by atoms with Crippen LogP contribution in [0.5, 0.6) is 5.88 Å². The Balaban J connectivity index is 0.000000379. The second-order valence-corrected chi connectivity index (χ2v) is 14.8. The third kappa shape index (κ3) is 13.8. The van der Waals surface area contributed by atoms with Crippen molar-refractivity contribution in [3.05, 3.63) is 62.8 Å². The van der Waals surface area contributed by atoms with Gasteiger partial charge in [0.05, 0.1) is 48.0 Å². The fourth-order valence-electron chi connectivity index (χ4n) is 4.73. The fraction of sp³-hybridized carbons (Fsp3) is 0.469. The molecule has 0 aliphatic heterocycles. The molecule has 4 aromatic rings. The van der Waals surface area contributed by atoms with Gasteiger partial charge in [-0.05, 0) is 56.7 Å². The lowest BCUT2D eigenvalue weighted by Gasteiger charge is -2.23. The van der Waals surface area contributed by atoms with Crippen molar-refractivity contribution in [3.8, 4) is 16.5 Å². The lowest BCUT2D eigenvalue weighted by molar-refractivity contribution is -0.908. The molecule has 2 unspecified atom stereocenters. The molecule has 16 nitrogen and oxygen atoms in total. The van der Waals surface area contributed by atoms with Crippen LogP contribution >= 0.6 is 11.3 Å². The Morgan fingerprint density at radius 1 is 0.940 bits per heavy atom. The number of aromatic hydroxyl groups is 1. The number of aliphatic hydroxyl groups is 3.